The molecule has 0 amide bonds. The molecule has 2 rings (SSSR count). The quantitative estimate of drug-likeness (QED) is 0.875. The van der Waals surface area contributed by atoms with E-state index in [1.165, 1.54) is 13.2 Å². The van der Waals surface area contributed by atoms with Gasteiger partial charge in [0.15, 0.2) is 11.6 Å². The maximum Gasteiger partial charge on any atom is 0.165 e. The van der Waals surface area contributed by atoms with E-state index in [0.29, 0.717) is 11.5 Å². The van der Waals surface area contributed by atoms with E-state index in [0.717, 1.165) is 5.56 Å². The van der Waals surface area contributed by atoms with Gasteiger partial charge in [0.1, 0.15) is 0 Å². The first-order valence-electron chi connectivity index (χ1n) is 5.54. The van der Waals surface area contributed by atoms with Crippen LogP contribution in [0.1, 0.15) is 18.5 Å². The Hall–Kier alpha value is -0.940. The summed E-state index contributed by atoms with van der Waals surface area (Å²) in [6.07, 6.45) is 0. The molecule has 3 atom stereocenters. The van der Waals surface area contributed by atoms with Crippen molar-refractivity contribution in [1.29, 1.82) is 0 Å². The molecular formula is C12H16FNO2S. The van der Waals surface area contributed by atoms with Crippen LogP contribution < -0.4 is 10.1 Å². The highest BCUT2D eigenvalue weighted by Gasteiger charge is 2.24. The number of hydrogen-bond donors (Lipinski definition) is 1. The highest BCUT2D eigenvalue weighted by molar-refractivity contribution is 7.85. The lowest BCUT2D eigenvalue weighted by Gasteiger charge is -2.28. The van der Waals surface area contributed by atoms with Crippen LogP contribution in [0.15, 0.2) is 18.2 Å². The van der Waals surface area contributed by atoms with Crippen molar-refractivity contribution in [2.75, 3.05) is 18.6 Å². The van der Waals surface area contributed by atoms with Crippen LogP contribution in [0.25, 0.3) is 0 Å². The number of rotatable bonds is 2. The zero-order valence-electron chi connectivity index (χ0n) is 9.90. The van der Waals surface area contributed by atoms with E-state index in [4.69, 9.17) is 4.74 Å². The fourth-order valence-electron chi connectivity index (χ4n) is 2.06. The molecule has 17 heavy (non-hydrogen) atoms. The van der Waals surface area contributed by atoms with Gasteiger partial charge in [0.2, 0.25) is 0 Å². The Morgan fingerprint density at radius 3 is 2.82 bits per heavy atom. The van der Waals surface area contributed by atoms with Crippen LogP contribution in [0, 0.1) is 5.82 Å². The van der Waals surface area contributed by atoms with Crippen LogP contribution >= 0.6 is 0 Å². The van der Waals surface area contributed by atoms with Gasteiger partial charge in [-0.3, -0.25) is 4.21 Å². The largest absolute Gasteiger partial charge is 0.494 e. The van der Waals surface area contributed by atoms with Crippen molar-refractivity contribution >= 4 is 10.8 Å². The summed E-state index contributed by atoms with van der Waals surface area (Å²) in [5.74, 6) is 1.06. The van der Waals surface area contributed by atoms with E-state index in [2.05, 4.69) is 5.32 Å². The van der Waals surface area contributed by atoms with Crippen molar-refractivity contribution in [3.8, 4) is 5.75 Å². The van der Waals surface area contributed by atoms with Gasteiger partial charge < -0.3 is 10.1 Å². The van der Waals surface area contributed by atoms with Crippen molar-refractivity contribution < 1.29 is 13.3 Å². The van der Waals surface area contributed by atoms with E-state index < -0.39 is 10.8 Å². The molecule has 5 heteroatoms. The topological polar surface area (TPSA) is 38.3 Å². The Morgan fingerprint density at radius 1 is 1.47 bits per heavy atom. The molecule has 3 unspecified atom stereocenters. The minimum atomic E-state index is -0.831. The Balaban J connectivity index is 2.22. The molecule has 1 aromatic rings. The fraction of sp³-hybridized carbons (Fsp3) is 0.500. The van der Waals surface area contributed by atoms with Gasteiger partial charge in [-0.15, -0.1) is 0 Å². The summed E-state index contributed by atoms with van der Waals surface area (Å²) in [7, 11) is 0.608. The molecule has 1 saturated heterocycles. The van der Waals surface area contributed by atoms with Crippen LogP contribution in [-0.2, 0) is 10.8 Å². The summed E-state index contributed by atoms with van der Waals surface area (Å²) >= 11 is 0. The maximum absolute atomic E-state index is 13.6. The van der Waals surface area contributed by atoms with Gasteiger partial charge in [-0.2, -0.15) is 0 Å². The predicted molar refractivity (Wildman–Crippen MR) is 66.2 cm³/mol. The summed E-state index contributed by atoms with van der Waals surface area (Å²) < 4.78 is 30.1. The molecule has 0 saturated carbocycles. The molecule has 3 nitrogen and oxygen atoms in total. The number of halogens is 1. The molecule has 1 N–H and O–H groups in total. The standard InChI is InChI=1S/C12H16FNO2S/c1-8-6-17(15)7-11(14-8)9-3-4-12(16-2)10(13)5-9/h3-5,8,11,14H,6-7H2,1-2H3. The van der Waals surface area contributed by atoms with Crippen molar-refractivity contribution in [3.63, 3.8) is 0 Å². The van der Waals surface area contributed by atoms with E-state index in [1.54, 1.807) is 6.07 Å². The summed E-state index contributed by atoms with van der Waals surface area (Å²) in [6.45, 7) is 1.99. The molecule has 0 bridgehead atoms. The number of hydrogen-bond acceptors (Lipinski definition) is 3. The number of nitrogens with one attached hydrogen (secondary N) is 1. The first-order chi connectivity index (χ1) is 8.10. The third-order valence-corrected chi connectivity index (χ3v) is 4.43. The molecular weight excluding hydrogens is 241 g/mol. The van der Waals surface area contributed by atoms with Crippen LogP contribution in [0.3, 0.4) is 0 Å². The lowest BCUT2D eigenvalue weighted by Crippen LogP contribution is -2.43. The lowest BCUT2D eigenvalue weighted by atomic mass is 10.1. The summed E-state index contributed by atoms with van der Waals surface area (Å²) in [6, 6.07) is 5.02. The summed E-state index contributed by atoms with van der Waals surface area (Å²) in [5.41, 5.74) is 0.822. The third kappa shape index (κ3) is 2.84. The minimum Gasteiger partial charge on any atom is -0.494 e. The summed E-state index contributed by atoms with van der Waals surface area (Å²) in [5, 5.41) is 3.33. The van der Waals surface area contributed by atoms with Gasteiger partial charge in [0.25, 0.3) is 0 Å². The van der Waals surface area contributed by atoms with E-state index >= 15 is 0 Å². The maximum atomic E-state index is 13.6. The summed E-state index contributed by atoms with van der Waals surface area (Å²) in [4.78, 5) is 0. The SMILES string of the molecule is COc1ccc(C2CS(=O)CC(C)N2)cc1F. The molecule has 1 aliphatic rings. The average Bonchev–Trinajstić information content (AvgIpc) is 2.27. The Bertz CT molecular complexity index is 439. The second-order valence-electron chi connectivity index (χ2n) is 4.29. The average molecular weight is 257 g/mol. The van der Waals surface area contributed by atoms with Crippen LogP contribution in [0.4, 0.5) is 4.39 Å². The van der Waals surface area contributed by atoms with E-state index in [1.807, 2.05) is 13.0 Å². The smallest absolute Gasteiger partial charge is 0.165 e. The zero-order valence-corrected chi connectivity index (χ0v) is 10.7. The van der Waals surface area contributed by atoms with Crippen molar-refractivity contribution in [2.45, 2.75) is 19.0 Å². The first kappa shape index (κ1) is 12.5. The second kappa shape index (κ2) is 5.14. The second-order valence-corrected chi connectivity index (χ2v) is 5.83. The lowest BCUT2D eigenvalue weighted by molar-refractivity contribution is 0.385. The van der Waals surface area contributed by atoms with Crippen LogP contribution in [0.5, 0.6) is 5.75 Å². The Morgan fingerprint density at radius 2 is 2.24 bits per heavy atom. The molecule has 1 aliphatic heterocycles. The molecule has 94 valence electrons. The van der Waals surface area contributed by atoms with E-state index in [9.17, 15) is 8.60 Å². The molecule has 0 aliphatic carbocycles. The Kier molecular flexibility index (Phi) is 3.79. The van der Waals surface area contributed by atoms with Crippen molar-refractivity contribution in [3.05, 3.63) is 29.6 Å². The highest BCUT2D eigenvalue weighted by atomic mass is 32.2. The normalized spacial score (nSPS) is 29.0. The first-order valence-corrected chi connectivity index (χ1v) is 7.03. The van der Waals surface area contributed by atoms with Gasteiger partial charge in [-0.05, 0) is 24.6 Å². The molecule has 0 aromatic heterocycles. The van der Waals surface area contributed by atoms with Gasteiger partial charge in [0.05, 0.1) is 7.11 Å². The van der Waals surface area contributed by atoms with Gasteiger partial charge in [-0.25, -0.2) is 4.39 Å². The molecule has 0 radical (unpaired) electrons. The van der Waals surface area contributed by atoms with Crippen LogP contribution in [-0.4, -0.2) is 28.9 Å². The van der Waals surface area contributed by atoms with E-state index in [-0.39, 0.29) is 23.7 Å². The highest BCUT2D eigenvalue weighted by Crippen LogP contribution is 2.24. The Labute approximate surface area is 103 Å². The third-order valence-electron chi connectivity index (χ3n) is 2.85. The number of methoxy groups -OCH3 is 1. The number of benzene rings is 1. The molecule has 1 fully saturated rings. The van der Waals surface area contributed by atoms with Crippen molar-refractivity contribution in [1.82, 2.24) is 5.32 Å². The monoisotopic (exact) mass is 257 g/mol. The van der Waals surface area contributed by atoms with Gasteiger partial charge >= 0.3 is 0 Å². The molecule has 0 spiro atoms. The van der Waals surface area contributed by atoms with Gasteiger partial charge in [-0.1, -0.05) is 6.07 Å². The van der Waals surface area contributed by atoms with Crippen LogP contribution in [0.2, 0.25) is 0 Å². The molecule has 1 heterocycles. The predicted octanol–water partition coefficient (Wildman–Crippen LogP) is 1.62. The van der Waals surface area contributed by atoms with Gasteiger partial charge in [0, 0.05) is 34.4 Å². The molecule has 1 aromatic carbocycles. The minimum absolute atomic E-state index is 0.0417. The number of ether oxygens (including phenoxy) is 1. The zero-order chi connectivity index (χ0) is 12.4. The van der Waals surface area contributed by atoms with Crippen molar-refractivity contribution in [2.24, 2.45) is 0 Å². The fourth-order valence-corrected chi connectivity index (χ4v) is 3.51.